The maximum Gasteiger partial charge on any atom is 0.422 e. The van der Waals surface area contributed by atoms with Gasteiger partial charge >= 0.3 is 12.1 Å². The van der Waals surface area contributed by atoms with Gasteiger partial charge < -0.3 is 4.74 Å². The lowest BCUT2D eigenvalue weighted by Crippen LogP contribution is -2.21. The molecular weight excluding hydrogens is 397 g/mol. The van der Waals surface area contributed by atoms with Crippen LogP contribution in [0.5, 0.6) is 0 Å². The van der Waals surface area contributed by atoms with E-state index >= 15 is 0 Å². The van der Waals surface area contributed by atoms with Gasteiger partial charge in [-0.3, -0.25) is 0 Å². The van der Waals surface area contributed by atoms with E-state index in [0.717, 1.165) is 14.7 Å². The number of aryl methyl sites for hydroxylation is 2. The molecule has 0 heterocycles. The smallest absolute Gasteiger partial charge is 0.422 e. The third kappa shape index (κ3) is 5.21. The van der Waals surface area contributed by atoms with Gasteiger partial charge in [0.05, 0.1) is 16.5 Å². The van der Waals surface area contributed by atoms with Gasteiger partial charge in [0.1, 0.15) is 0 Å². The second kappa shape index (κ2) is 8.74. The van der Waals surface area contributed by atoms with Crippen molar-refractivity contribution in [3.63, 3.8) is 0 Å². The summed E-state index contributed by atoms with van der Waals surface area (Å²) in [4.78, 5) is 15.5. The van der Waals surface area contributed by atoms with E-state index in [2.05, 4.69) is 4.74 Å². The van der Waals surface area contributed by atoms with Crippen LogP contribution in [0.15, 0.2) is 87.5 Å². The predicted octanol–water partition coefficient (Wildman–Crippen LogP) is 6.12. The molecule has 0 aliphatic rings. The molecule has 0 amide bonds. The highest BCUT2D eigenvalue weighted by atomic mass is 32.2. The van der Waals surface area contributed by atoms with Crippen molar-refractivity contribution in [1.82, 2.24) is 0 Å². The SMILES string of the molecule is Cc1cc([S+](c2ccccc2)c2ccccc2)cc(C)c1C(=O)OCC(F)(F)F. The molecular formula is C23H20F3O2S+. The molecule has 0 radical (unpaired) electrons. The molecule has 0 aromatic heterocycles. The molecule has 0 aliphatic heterocycles. The lowest BCUT2D eigenvalue weighted by Gasteiger charge is -2.14. The minimum absolute atomic E-state index is 0.183. The van der Waals surface area contributed by atoms with E-state index in [-0.39, 0.29) is 5.56 Å². The quantitative estimate of drug-likeness (QED) is 0.369. The molecule has 3 aromatic rings. The van der Waals surface area contributed by atoms with Gasteiger partial charge in [0.2, 0.25) is 0 Å². The zero-order valence-electron chi connectivity index (χ0n) is 16.0. The van der Waals surface area contributed by atoms with Crippen LogP contribution >= 0.6 is 0 Å². The molecule has 0 fully saturated rings. The molecule has 0 N–H and O–H groups in total. The lowest BCUT2D eigenvalue weighted by atomic mass is 10.0. The van der Waals surface area contributed by atoms with Crippen LogP contribution in [0.3, 0.4) is 0 Å². The number of alkyl halides is 3. The van der Waals surface area contributed by atoms with Crippen LogP contribution in [0.1, 0.15) is 21.5 Å². The molecule has 0 saturated carbocycles. The second-order valence-corrected chi connectivity index (χ2v) is 8.58. The van der Waals surface area contributed by atoms with Crippen molar-refractivity contribution in [2.45, 2.75) is 34.7 Å². The highest BCUT2D eigenvalue weighted by Gasteiger charge is 2.32. The summed E-state index contributed by atoms with van der Waals surface area (Å²) >= 11 is 0. The number of benzene rings is 3. The summed E-state index contributed by atoms with van der Waals surface area (Å²) in [6.07, 6.45) is -4.55. The van der Waals surface area contributed by atoms with Crippen LogP contribution in [-0.4, -0.2) is 18.8 Å². The molecule has 0 spiro atoms. The molecule has 0 bridgehead atoms. The first kappa shape index (κ1) is 21.0. The van der Waals surface area contributed by atoms with Crippen molar-refractivity contribution < 1.29 is 22.7 Å². The number of carbonyl (C=O) groups excluding carboxylic acids is 1. The fraction of sp³-hybridized carbons (Fsp3) is 0.174. The van der Waals surface area contributed by atoms with Gasteiger partial charge in [-0.2, -0.15) is 13.2 Å². The molecule has 2 nitrogen and oxygen atoms in total. The fourth-order valence-electron chi connectivity index (χ4n) is 3.10. The Balaban J connectivity index is 2.02. The summed E-state index contributed by atoms with van der Waals surface area (Å²) < 4.78 is 41.7. The molecule has 3 aromatic carbocycles. The first-order chi connectivity index (χ1) is 13.8. The van der Waals surface area contributed by atoms with E-state index in [0.29, 0.717) is 11.1 Å². The number of esters is 1. The average molecular weight is 417 g/mol. The fourth-order valence-corrected chi connectivity index (χ4v) is 5.37. The maximum absolute atomic E-state index is 12.4. The van der Waals surface area contributed by atoms with Crippen molar-refractivity contribution >= 4 is 16.9 Å². The highest BCUT2D eigenvalue weighted by Crippen LogP contribution is 2.33. The van der Waals surface area contributed by atoms with Crippen LogP contribution in [-0.2, 0) is 15.6 Å². The van der Waals surface area contributed by atoms with E-state index in [1.54, 1.807) is 13.8 Å². The van der Waals surface area contributed by atoms with Crippen molar-refractivity contribution in [2.24, 2.45) is 0 Å². The zero-order chi connectivity index (χ0) is 21.0. The molecule has 3 rings (SSSR count). The summed E-state index contributed by atoms with van der Waals surface area (Å²) in [5, 5.41) is 0. The second-order valence-electron chi connectivity index (χ2n) is 6.56. The number of hydrogen-bond donors (Lipinski definition) is 0. The third-order valence-corrected chi connectivity index (χ3v) is 6.47. The Hall–Kier alpha value is -2.73. The topological polar surface area (TPSA) is 26.3 Å². The Labute approximate surface area is 170 Å². The Morgan fingerprint density at radius 1 is 0.828 bits per heavy atom. The Kier molecular flexibility index (Phi) is 6.33. The van der Waals surface area contributed by atoms with Gasteiger partial charge in [-0.1, -0.05) is 36.4 Å². The summed E-state index contributed by atoms with van der Waals surface area (Å²) in [5.41, 5.74) is 1.37. The zero-order valence-corrected chi connectivity index (χ0v) is 16.8. The highest BCUT2D eigenvalue weighted by molar-refractivity contribution is 7.97. The van der Waals surface area contributed by atoms with Crippen molar-refractivity contribution in [3.8, 4) is 0 Å². The van der Waals surface area contributed by atoms with Crippen molar-refractivity contribution in [3.05, 3.63) is 89.5 Å². The van der Waals surface area contributed by atoms with Crippen LogP contribution in [0, 0.1) is 13.8 Å². The average Bonchev–Trinajstić information content (AvgIpc) is 2.67. The lowest BCUT2D eigenvalue weighted by molar-refractivity contribution is -0.161. The normalized spacial score (nSPS) is 11.5. The number of carbonyl (C=O) groups is 1. The third-order valence-electron chi connectivity index (χ3n) is 4.27. The summed E-state index contributed by atoms with van der Waals surface area (Å²) in [7, 11) is -0.407. The molecule has 0 atom stereocenters. The number of hydrogen-bond acceptors (Lipinski definition) is 2. The Morgan fingerprint density at radius 3 is 1.69 bits per heavy atom. The summed E-state index contributed by atoms with van der Waals surface area (Å²) in [5.74, 6) is -0.955. The van der Waals surface area contributed by atoms with Crippen LogP contribution in [0.4, 0.5) is 13.2 Å². The van der Waals surface area contributed by atoms with Crippen molar-refractivity contribution in [2.75, 3.05) is 6.61 Å². The van der Waals surface area contributed by atoms with E-state index in [4.69, 9.17) is 0 Å². The number of rotatable bonds is 5. The minimum Gasteiger partial charge on any atom is -0.452 e. The molecule has 0 aliphatic carbocycles. The van der Waals surface area contributed by atoms with Crippen LogP contribution in [0.25, 0.3) is 0 Å². The van der Waals surface area contributed by atoms with Gasteiger partial charge in [-0.25, -0.2) is 4.79 Å². The largest absolute Gasteiger partial charge is 0.452 e. The summed E-state index contributed by atoms with van der Waals surface area (Å²) in [6, 6.07) is 23.7. The van der Waals surface area contributed by atoms with Gasteiger partial charge in [0.25, 0.3) is 0 Å². The minimum atomic E-state index is -4.55. The molecule has 150 valence electrons. The van der Waals surface area contributed by atoms with E-state index in [9.17, 15) is 18.0 Å². The summed E-state index contributed by atoms with van der Waals surface area (Å²) in [6.45, 7) is 1.85. The number of halogens is 3. The monoisotopic (exact) mass is 417 g/mol. The Morgan fingerprint density at radius 2 is 1.28 bits per heavy atom. The molecule has 0 unspecified atom stereocenters. The molecule has 6 heteroatoms. The van der Waals surface area contributed by atoms with Crippen molar-refractivity contribution in [1.29, 1.82) is 0 Å². The number of ether oxygens (including phenoxy) is 1. The first-order valence-electron chi connectivity index (χ1n) is 8.96. The van der Waals surface area contributed by atoms with E-state index in [1.807, 2.05) is 72.8 Å². The standard InChI is InChI=1S/C23H20F3O2S/c1-16-13-20(14-17(2)21(16)22(27)28-15-23(24,25)26)29(18-9-5-3-6-10-18)19-11-7-4-8-12-19/h3-14H,15H2,1-2H3/q+1. The first-order valence-corrected chi connectivity index (χ1v) is 10.2. The predicted molar refractivity (Wildman–Crippen MR) is 107 cm³/mol. The van der Waals surface area contributed by atoms with Crippen LogP contribution < -0.4 is 0 Å². The van der Waals surface area contributed by atoms with E-state index in [1.165, 1.54) is 0 Å². The van der Waals surface area contributed by atoms with Gasteiger partial charge in [0, 0.05) is 0 Å². The van der Waals surface area contributed by atoms with Gasteiger partial charge in [0.15, 0.2) is 21.3 Å². The van der Waals surface area contributed by atoms with Gasteiger partial charge in [-0.05, 0) is 61.4 Å². The Bertz CT molecular complexity index is 924. The van der Waals surface area contributed by atoms with Gasteiger partial charge in [-0.15, -0.1) is 0 Å². The molecule has 29 heavy (non-hydrogen) atoms. The van der Waals surface area contributed by atoms with E-state index < -0.39 is 29.6 Å². The maximum atomic E-state index is 12.4. The van der Waals surface area contributed by atoms with Crippen LogP contribution in [0.2, 0.25) is 0 Å². The molecule has 0 saturated heterocycles.